The molecule has 4 aromatic rings. The van der Waals surface area contributed by atoms with Crippen LogP contribution < -0.4 is 10.0 Å². The Morgan fingerprint density at radius 2 is 1.83 bits per heavy atom. The molecule has 154 valence electrons. The van der Waals surface area contributed by atoms with E-state index in [1.165, 1.54) is 4.90 Å². The molecule has 0 saturated heterocycles. The number of likely N-dealkylation sites (N-methyl/N-ethyl adjacent to an activating group) is 1. The zero-order valence-electron chi connectivity index (χ0n) is 16.8. The molecular weight excluding hydrogens is 460 g/mol. The van der Waals surface area contributed by atoms with Gasteiger partial charge in [-0.05, 0) is 66.2 Å². The van der Waals surface area contributed by atoms with Gasteiger partial charge in [0, 0.05) is 35.3 Å². The number of anilines is 2. The lowest BCUT2D eigenvalue weighted by atomic mass is 10.1. The Hall–Kier alpha value is -2.39. The van der Waals surface area contributed by atoms with Gasteiger partial charge in [-0.3, -0.25) is 4.72 Å². The molecule has 0 atom stereocenters. The van der Waals surface area contributed by atoms with Gasteiger partial charge in [0.15, 0.2) is 5.65 Å². The highest BCUT2D eigenvalue weighted by Gasteiger charge is 2.11. The van der Waals surface area contributed by atoms with Crippen LogP contribution in [0.15, 0.2) is 76.2 Å². The van der Waals surface area contributed by atoms with Crippen LogP contribution in [0.3, 0.4) is 0 Å². The van der Waals surface area contributed by atoms with Gasteiger partial charge in [-0.2, -0.15) is 9.61 Å². The molecule has 0 saturated carbocycles. The van der Waals surface area contributed by atoms with Crippen molar-refractivity contribution in [2.24, 2.45) is 0 Å². The Morgan fingerprint density at radius 3 is 2.57 bits per heavy atom. The van der Waals surface area contributed by atoms with E-state index >= 15 is 0 Å². The molecule has 0 unspecified atom stereocenters. The summed E-state index contributed by atoms with van der Waals surface area (Å²) in [6.45, 7) is 1.94. The van der Waals surface area contributed by atoms with Crippen molar-refractivity contribution in [3.63, 3.8) is 0 Å². The van der Waals surface area contributed by atoms with E-state index < -0.39 is 0 Å². The number of nitrogens with zero attached hydrogens (tertiary/aromatic N) is 4. The molecule has 0 fully saturated rings. The molecule has 8 heteroatoms. The molecule has 0 aliphatic carbocycles. The van der Waals surface area contributed by atoms with Crippen LogP contribution in [0.25, 0.3) is 16.9 Å². The van der Waals surface area contributed by atoms with E-state index in [-0.39, 0.29) is 0 Å². The molecule has 6 nitrogen and oxygen atoms in total. The summed E-state index contributed by atoms with van der Waals surface area (Å²) in [5.41, 5.74) is 3.72. The fourth-order valence-electron chi connectivity index (χ4n) is 2.94. The number of nitrogens with one attached hydrogen (secondary N) is 2. The number of hydrogen-bond acceptors (Lipinski definition) is 6. The van der Waals surface area contributed by atoms with Crippen molar-refractivity contribution in [2.75, 3.05) is 32.5 Å². The number of benzene rings is 2. The van der Waals surface area contributed by atoms with Crippen LogP contribution in [0.2, 0.25) is 0 Å². The van der Waals surface area contributed by atoms with Crippen LogP contribution in [0.5, 0.6) is 0 Å². The van der Waals surface area contributed by atoms with Gasteiger partial charge in [0.1, 0.15) is 5.82 Å². The minimum atomic E-state index is 0.774. The highest BCUT2D eigenvalue weighted by Crippen LogP contribution is 2.28. The molecule has 2 heterocycles. The molecule has 0 aliphatic heterocycles. The molecular formula is C22H23BrN6S. The summed E-state index contributed by atoms with van der Waals surface area (Å²) < 4.78 is 6.05. The van der Waals surface area contributed by atoms with E-state index in [4.69, 9.17) is 4.98 Å². The van der Waals surface area contributed by atoms with E-state index in [1.54, 1.807) is 18.1 Å². The minimum absolute atomic E-state index is 0.774. The number of fused-ring (bicyclic) bond motifs is 1. The van der Waals surface area contributed by atoms with Crippen LogP contribution in [0, 0.1) is 0 Å². The SMILES string of the molecule is CN(C)CCNSc1ccc(Nc2cc(-c3ccccc3)nc3c(Br)cnn23)cc1. The van der Waals surface area contributed by atoms with Gasteiger partial charge in [-0.15, -0.1) is 0 Å². The van der Waals surface area contributed by atoms with Crippen molar-refractivity contribution in [2.45, 2.75) is 4.90 Å². The number of hydrogen-bond donors (Lipinski definition) is 2. The molecule has 0 spiro atoms. The highest BCUT2D eigenvalue weighted by molar-refractivity contribution is 9.10. The molecule has 0 bridgehead atoms. The van der Waals surface area contributed by atoms with Crippen molar-refractivity contribution in [1.82, 2.24) is 24.2 Å². The zero-order valence-corrected chi connectivity index (χ0v) is 19.2. The van der Waals surface area contributed by atoms with Crippen LogP contribution in [-0.2, 0) is 0 Å². The largest absolute Gasteiger partial charge is 0.340 e. The van der Waals surface area contributed by atoms with Crippen molar-refractivity contribution in [3.05, 3.63) is 71.3 Å². The monoisotopic (exact) mass is 482 g/mol. The first-order valence-corrected chi connectivity index (χ1v) is 11.2. The van der Waals surface area contributed by atoms with E-state index in [9.17, 15) is 0 Å². The summed E-state index contributed by atoms with van der Waals surface area (Å²) >= 11 is 5.20. The lowest BCUT2D eigenvalue weighted by Crippen LogP contribution is -2.22. The number of aromatic nitrogens is 3. The second kappa shape index (κ2) is 9.61. The maximum Gasteiger partial charge on any atom is 0.172 e. The van der Waals surface area contributed by atoms with Gasteiger partial charge in [0.05, 0.1) is 16.4 Å². The predicted octanol–water partition coefficient (Wildman–Crippen LogP) is 5.06. The fourth-order valence-corrected chi connectivity index (χ4v) is 3.92. The van der Waals surface area contributed by atoms with Crippen molar-refractivity contribution in [3.8, 4) is 11.3 Å². The van der Waals surface area contributed by atoms with Gasteiger partial charge in [0.25, 0.3) is 0 Å². The highest BCUT2D eigenvalue weighted by atomic mass is 79.9. The summed E-state index contributed by atoms with van der Waals surface area (Å²) in [6, 6.07) is 20.5. The molecule has 2 aromatic carbocycles. The average molecular weight is 483 g/mol. The first-order chi connectivity index (χ1) is 14.6. The first kappa shape index (κ1) is 20.9. The molecule has 0 radical (unpaired) electrons. The predicted molar refractivity (Wildman–Crippen MR) is 128 cm³/mol. The number of rotatable bonds is 8. The van der Waals surface area contributed by atoms with Crippen LogP contribution in [-0.4, -0.2) is 46.7 Å². The van der Waals surface area contributed by atoms with E-state index in [0.29, 0.717) is 0 Å². The van der Waals surface area contributed by atoms with Gasteiger partial charge in [-0.1, -0.05) is 30.3 Å². The Balaban J connectivity index is 1.55. The Kier molecular flexibility index (Phi) is 6.69. The second-order valence-corrected chi connectivity index (χ2v) is 8.89. The molecule has 2 aromatic heterocycles. The topological polar surface area (TPSA) is 57.5 Å². The lowest BCUT2D eigenvalue weighted by Gasteiger charge is -2.12. The first-order valence-electron chi connectivity index (χ1n) is 9.61. The molecule has 0 aliphatic rings. The molecule has 0 amide bonds. The van der Waals surface area contributed by atoms with Gasteiger partial charge in [0.2, 0.25) is 0 Å². The maximum absolute atomic E-state index is 4.77. The Bertz CT molecular complexity index is 1110. The summed E-state index contributed by atoms with van der Waals surface area (Å²) in [5.74, 6) is 0.856. The van der Waals surface area contributed by atoms with Crippen molar-refractivity contribution >= 4 is 45.0 Å². The van der Waals surface area contributed by atoms with Gasteiger partial charge in [-0.25, -0.2) is 4.98 Å². The third-order valence-electron chi connectivity index (χ3n) is 4.48. The Morgan fingerprint density at radius 1 is 1.07 bits per heavy atom. The number of halogens is 1. The van der Waals surface area contributed by atoms with Crippen molar-refractivity contribution < 1.29 is 0 Å². The van der Waals surface area contributed by atoms with Crippen LogP contribution in [0.1, 0.15) is 0 Å². The smallest absolute Gasteiger partial charge is 0.172 e. The van der Waals surface area contributed by atoms with E-state index in [1.807, 2.05) is 28.8 Å². The van der Waals surface area contributed by atoms with Crippen molar-refractivity contribution in [1.29, 1.82) is 0 Å². The lowest BCUT2D eigenvalue weighted by molar-refractivity contribution is 0.415. The maximum atomic E-state index is 4.77. The summed E-state index contributed by atoms with van der Waals surface area (Å²) in [7, 11) is 4.15. The Labute approximate surface area is 189 Å². The second-order valence-electron chi connectivity index (χ2n) is 7.07. The molecule has 2 N–H and O–H groups in total. The normalized spacial score (nSPS) is 11.3. The standard InChI is InChI=1S/C22H23BrN6S/c1-28(2)13-12-25-30-18-10-8-17(9-11-18)26-21-14-20(16-6-4-3-5-7-16)27-22-19(23)15-24-29(21)22/h3-11,14-15,25-26H,12-13H2,1-2H3. The zero-order chi connectivity index (χ0) is 20.9. The van der Waals surface area contributed by atoms with E-state index in [2.05, 4.69) is 86.5 Å². The van der Waals surface area contributed by atoms with Gasteiger partial charge >= 0.3 is 0 Å². The van der Waals surface area contributed by atoms with Crippen LogP contribution in [0.4, 0.5) is 11.5 Å². The summed E-state index contributed by atoms with van der Waals surface area (Å²) in [5, 5.41) is 7.94. The third-order valence-corrected chi connectivity index (χ3v) is 5.89. The quantitative estimate of drug-likeness (QED) is 0.270. The molecule has 4 rings (SSSR count). The van der Waals surface area contributed by atoms with E-state index in [0.717, 1.165) is 46.0 Å². The van der Waals surface area contributed by atoms with Crippen LogP contribution >= 0.6 is 27.9 Å². The fraction of sp³-hybridized carbons (Fsp3) is 0.182. The summed E-state index contributed by atoms with van der Waals surface area (Å²) in [6.07, 6.45) is 1.77. The summed E-state index contributed by atoms with van der Waals surface area (Å²) in [4.78, 5) is 8.11. The average Bonchev–Trinajstić information content (AvgIpc) is 3.14. The third kappa shape index (κ3) is 5.02. The molecule has 30 heavy (non-hydrogen) atoms. The van der Waals surface area contributed by atoms with Gasteiger partial charge < -0.3 is 10.2 Å². The minimum Gasteiger partial charge on any atom is -0.340 e.